The minimum absolute atomic E-state index is 0.0274. The summed E-state index contributed by atoms with van der Waals surface area (Å²) in [4.78, 5) is 25.8. The van der Waals surface area contributed by atoms with Crippen LogP contribution in [0.25, 0.3) is 11.1 Å². The first-order valence-corrected chi connectivity index (χ1v) is 19.5. The molecule has 0 radical (unpaired) electrons. The zero-order valence-corrected chi connectivity index (χ0v) is 30.0. The number of aromatic carboxylic acids is 1. The van der Waals surface area contributed by atoms with Gasteiger partial charge in [0.05, 0.1) is 24.4 Å². The van der Waals surface area contributed by atoms with Crippen LogP contribution in [0.15, 0.2) is 102 Å². The first kappa shape index (κ1) is 34.9. The number of aliphatic hydroxyl groups excluding tert-OH is 1. The molecule has 5 fully saturated rings. The number of carboxylic acids is 1. The fourth-order valence-electron chi connectivity index (χ4n) is 9.47. The van der Waals surface area contributed by atoms with Crippen molar-refractivity contribution in [2.75, 3.05) is 5.75 Å². The molecule has 1 heterocycles. The number of carbonyl (C=O) groups excluding carboxylic acids is 1. The Morgan fingerprint density at radius 1 is 0.769 bits per heavy atom. The molecule has 1 aliphatic heterocycles. The Morgan fingerprint density at radius 2 is 1.42 bits per heavy atom. The molecule has 8 nitrogen and oxygen atoms in total. The lowest BCUT2D eigenvalue weighted by molar-refractivity contribution is -0.245. The molecular weight excluding hydrogens is 673 g/mol. The predicted octanol–water partition coefficient (Wildman–Crippen LogP) is 8.65. The van der Waals surface area contributed by atoms with Crippen LogP contribution in [0.1, 0.15) is 90.0 Å². The van der Waals surface area contributed by atoms with Crippen LogP contribution in [0, 0.1) is 17.8 Å². The molecule has 9 heteroatoms. The third kappa shape index (κ3) is 7.64. The van der Waals surface area contributed by atoms with E-state index >= 15 is 0 Å². The van der Waals surface area contributed by atoms with Crippen molar-refractivity contribution in [2.45, 2.75) is 87.0 Å². The summed E-state index contributed by atoms with van der Waals surface area (Å²) in [6.07, 6.45) is 6.93. The number of aliphatic hydroxyl groups is 1. The van der Waals surface area contributed by atoms with Gasteiger partial charge in [0, 0.05) is 34.7 Å². The van der Waals surface area contributed by atoms with Crippen molar-refractivity contribution in [3.63, 3.8) is 0 Å². The van der Waals surface area contributed by atoms with Crippen molar-refractivity contribution < 1.29 is 29.3 Å². The summed E-state index contributed by atoms with van der Waals surface area (Å²) in [6.45, 7) is 0.409. The number of benzene rings is 4. The van der Waals surface area contributed by atoms with E-state index < -0.39 is 12.3 Å². The Kier molecular flexibility index (Phi) is 10.1. The number of amides is 2. The van der Waals surface area contributed by atoms with E-state index in [1.807, 2.05) is 60.7 Å². The van der Waals surface area contributed by atoms with E-state index in [1.54, 1.807) is 12.1 Å². The van der Waals surface area contributed by atoms with Gasteiger partial charge in [-0.05, 0) is 96.2 Å². The zero-order valence-electron chi connectivity index (χ0n) is 29.2. The summed E-state index contributed by atoms with van der Waals surface area (Å²) in [5.74, 6) is 1.93. The molecule has 4 saturated carbocycles. The standard InChI is InChI=1S/C43H46N2O6S/c46-25-27-9-11-32(12-10-27)38-20-35(26-52-39-8-4-3-7-37(39)40(47)48)50-41(51-38)33-15-13-31(14-16-33)36-6-2-1-5-34(36)24-44-42(49)45-43-21-28-17-29(22-43)19-30(18-28)23-43/h1-16,28-30,35,38,41,46H,17-26H2,(H,47,48)(H2,44,45,49). The van der Waals surface area contributed by atoms with Crippen molar-refractivity contribution in [2.24, 2.45) is 17.8 Å². The molecule has 1 saturated heterocycles. The Balaban J connectivity index is 0.958. The van der Waals surface area contributed by atoms with Crippen LogP contribution in [-0.4, -0.2) is 39.6 Å². The van der Waals surface area contributed by atoms with Gasteiger partial charge in [0.15, 0.2) is 6.29 Å². The Hall–Kier alpha value is -4.15. The first-order valence-electron chi connectivity index (χ1n) is 18.5. The van der Waals surface area contributed by atoms with E-state index in [1.165, 1.54) is 31.0 Å². The van der Waals surface area contributed by atoms with Crippen LogP contribution in [0.2, 0.25) is 0 Å². The maximum Gasteiger partial charge on any atom is 0.336 e. The molecule has 5 aliphatic rings. The minimum atomic E-state index is -0.950. The highest BCUT2D eigenvalue weighted by molar-refractivity contribution is 7.99. The highest BCUT2D eigenvalue weighted by Gasteiger charge is 2.51. The van der Waals surface area contributed by atoms with Gasteiger partial charge in [0.1, 0.15) is 0 Å². The maximum absolute atomic E-state index is 13.2. The Bertz CT molecular complexity index is 1860. The topological polar surface area (TPSA) is 117 Å². The molecule has 2 amide bonds. The second-order valence-electron chi connectivity index (χ2n) is 15.2. The highest BCUT2D eigenvalue weighted by Crippen LogP contribution is 2.55. The molecule has 0 aromatic heterocycles. The van der Waals surface area contributed by atoms with E-state index in [-0.39, 0.29) is 35.9 Å². The number of nitrogens with one attached hydrogen (secondary N) is 2. The van der Waals surface area contributed by atoms with Gasteiger partial charge in [-0.15, -0.1) is 11.8 Å². The number of carbonyl (C=O) groups is 2. The molecule has 4 aliphatic carbocycles. The van der Waals surface area contributed by atoms with Gasteiger partial charge in [-0.3, -0.25) is 0 Å². The number of rotatable bonds is 11. The van der Waals surface area contributed by atoms with E-state index in [4.69, 9.17) is 9.47 Å². The summed E-state index contributed by atoms with van der Waals surface area (Å²) >= 11 is 1.48. The van der Waals surface area contributed by atoms with Gasteiger partial charge >= 0.3 is 12.0 Å². The lowest BCUT2D eigenvalue weighted by atomic mass is 9.53. The second kappa shape index (κ2) is 15.1. The van der Waals surface area contributed by atoms with Gasteiger partial charge in [-0.1, -0.05) is 84.9 Å². The average Bonchev–Trinajstić information content (AvgIpc) is 3.16. The van der Waals surface area contributed by atoms with Crippen molar-refractivity contribution >= 4 is 23.8 Å². The van der Waals surface area contributed by atoms with Gasteiger partial charge in [0.25, 0.3) is 0 Å². The van der Waals surface area contributed by atoms with Crippen molar-refractivity contribution in [3.05, 3.63) is 125 Å². The van der Waals surface area contributed by atoms with E-state index in [2.05, 4.69) is 34.9 Å². The fraction of sp³-hybridized carbons (Fsp3) is 0.395. The van der Waals surface area contributed by atoms with Crippen LogP contribution in [0.4, 0.5) is 4.79 Å². The molecule has 4 bridgehead atoms. The number of carboxylic acid groups (broad SMARTS) is 1. The lowest BCUT2D eigenvalue weighted by Gasteiger charge is -2.56. The van der Waals surface area contributed by atoms with Crippen LogP contribution in [0.5, 0.6) is 0 Å². The average molecular weight is 719 g/mol. The normalized spacial score (nSPS) is 27.6. The largest absolute Gasteiger partial charge is 0.478 e. The van der Waals surface area contributed by atoms with Crippen LogP contribution in [-0.2, 0) is 22.6 Å². The zero-order chi connectivity index (χ0) is 35.7. The summed E-state index contributed by atoms with van der Waals surface area (Å²) in [5.41, 5.74) is 6.10. The molecule has 3 atom stereocenters. The van der Waals surface area contributed by atoms with Crippen molar-refractivity contribution in [3.8, 4) is 11.1 Å². The van der Waals surface area contributed by atoms with Crippen molar-refractivity contribution in [1.29, 1.82) is 0 Å². The number of hydrogen-bond acceptors (Lipinski definition) is 6. The number of thioether (sulfide) groups is 1. The smallest absolute Gasteiger partial charge is 0.336 e. The third-order valence-corrected chi connectivity index (χ3v) is 12.7. The molecule has 9 rings (SSSR count). The molecule has 4 aromatic rings. The van der Waals surface area contributed by atoms with E-state index in [0.29, 0.717) is 23.6 Å². The second-order valence-corrected chi connectivity index (χ2v) is 16.3. The number of ether oxygens (including phenoxy) is 2. The lowest BCUT2D eigenvalue weighted by Crippen LogP contribution is -2.61. The third-order valence-electron chi connectivity index (χ3n) is 11.5. The monoisotopic (exact) mass is 718 g/mol. The van der Waals surface area contributed by atoms with Gasteiger partial charge in [-0.25, -0.2) is 9.59 Å². The SMILES string of the molecule is O=C(NCc1ccccc1-c1ccc(C2OC(CSc3ccccc3C(=O)O)CC(c3ccc(CO)cc3)O2)cc1)NC12CC3CC(CC(C3)C1)C2. The Morgan fingerprint density at radius 3 is 2.12 bits per heavy atom. The van der Waals surface area contributed by atoms with E-state index in [0.717, 1.165) is 70.4 Å². The van der Waals surface area contributed by atoms with E-state index in [9.17, 15) is 19.8 Å². The molecule has 52 heavy (non-hydrogen) atoms. The minimum Gasteiger partial charge on any atom is -0.478 e. The van der Waals surface area contributed by atoms with Crippen LogP contribution >= 0.6 is 11.8 Å². The summed E-state index contributed by atoms with van der Waals surface area (Å²) in [5, 5.41) is 25.9. The molecule has 4 N–H and O–H groups in total. The molecule has 3 unspecified atom stereocenters. The number of hydrogen-bond donors (Lipinski definition) is 4. The maximum atomic E-state index is 13.2. The Labute approximate surface area is 309 Å². The van der Waals surface area contributed by atoms with Gasteiger partial charge < -0.3 is 30.3 Å². The first-order chi connectivity index (χ1) is 25.3. The van der Waals surface area contributed by atoms with Gasteiger partial charge in [0.2, 0.25) is 0 Å². The molecule has 270 valence electrons. The van der Waals surface area contributed by atoms with Crippen LogP contribution in [0.3, 0.4) is 0 Å². The molecule has 0 spiro atoms. The summed E-state index contributed by atoms with van der Waals surface area (Å²) in [7, 11) is 0. The number of urea groups is 1. The van der Waals surface area contributed by atoms with Gasteiger partial charge in [-0.2, -0.15) is 0 Å². The van der Waals surface area contributed by atoms with Crippen LogP contribution < -0.4 is 10.6 Å². The van der Waals surface area contributed by atoms with Crippen molar-refractivity contribution in [1.82, 2.24) is 10.6 Å². The summed E-state index contributed by atoms with van der Waals surface area (Å²) in [6, 6.07) is 31.2. The molecular formula is C43H46N2O6S. The summed E-state index contributed by atoms with van der Waals surface area (Å²) < 4.78 is 13.1. The highest BCUT2D eigenvalue weighted by atomic mass is 32.2. The predicted molar refractivity (Wildman–Crippen MR) is 201 cm³/mol. The fourth-order valence-corrected chi connectivity index (χ4v) is 10.5. The molecule has 4 aromatic carbocycles. The quantitative estimate of drug-likeness (QED) is 0.115.